The summed E-state index contributed by atoms with van der Waals surface area (Å²) in [5, 5.41) is 4.50. The Morgan fingerprint density at radius 1 is 1.38 bits per heavy atom. The van der Waals surface area contributed by atoms with Crippen LogP contribution in [0, 0.1) is 13.8 Å². The zero-order chi connectivity index (χ0) is 18.8. The molecule has 0 spiro atoms. The third-order valence-electron chi connectivity index (χ3n) is 4.80. The van der Waals surface area contributed by atoms with Gasteiger partial charge in [-0.3, -0.25) is 9.59 Å². The largest absolute Gasteiger partial charge is 0.361 e. The van der Waals surface area contributed by atoms with E-state index in [-0.39, 0.29) is 24.4 Å². The lowest BCUT2D eigenvalue weighted by Crippen LogP contribution is -2.57. The Bertz CT molecular complexity index is 814. The maximum Gasteiger partial charge on any atom is 0.246 e. The van der Waals surface area contributed by atoms with Gasteiger partial charge >= 0.3 is 0 Å². The van der Waals surface area contributed by atoms with Crippen LogP contribution in [0.4, 0.5) is 5.69 Å². The molecule has 2 amide bonds. The summed E-state index contributed by atoms with van der Waals surface area (Å²) < 4.78 is 5.14. The van der Waals surface area contributed by atoms with E-state index in [9.17, 15) is 9.59 Å². The maximum absolute atomic E-state index is 12.7. The Morgan fingerprint density at radius 3 is 2.81 bits per heavy atom. The fourth-order valence-electron chi connectivity index (χ4n) is 3.31. The molecular formula is C19H22ClN3O3. The molecule has 138 valence electrons. The van der Waals surface area contributed by atoms with E-state index in [1.807, 2.05) is 32.9 Å². The van der Waals surface area contributed by atoms with E-state index in [2.05, 4.69) is 5.16 Å². The standard InChI is InChI=1S/C19H22ClN3O3/c1-12-10-23(16-6-4-5-15(20)9-16)19(25)11-22(12)18(24)8-7-17-13(2)21-26-14(17)3/h4-6,9,12H,7-8,10-11H2,1-3H3/t12-/m0/s1. The molecule has 3 rings (SSSR count). The van der Waals surface area contributed by atoms with Crippen LogP contribution in [-0.4, -0.2) is 41.0 Å². The normalized spacial score (nSPS) is 17.7. The van der Waals surface area contributed by atoms with Gasteiger partial charge in [0.2, 0.25) is 11.8 Å². The number of hydrogen-bond acceptors (Lipinski definition) is 4. The second-order valence-electron chi connectivity index (χ2n) is 6.66. The molecule has 2 heterocycles. The quantitative estimate of drug-likeness (QED) is 0.823. The van der Waals surface area contributed by atoms with Crippen molar-refractivity contribution in [3.05, 3.63) is 46.3 Å². The molecule has 0 saturated carbocycles. The predicted octanol–water partition coefficient (Wildman–Crippen LogP) is 3.14. The monoisotopic (exact) mass is 375 g/mol. The molecule has 1 aromatic carbocycles. The molecule has 1 aromatic heterocycles. The van der Waals surface area contributed by atoms with Gasteiger partial charge < -0.3 is 14.3 Å². The summed E-state index contributed by atoms with van der Waals surface area (Å²) in [4.78, 5) is 28.6. The van der Waals surface area contributed by atoms with Gasteiger partial charge in [0.05, 0.1) is 5.69 Å². The van der Waals surface area contributed by atoms with E-state index in [0.717, 1.165) is 22.7 Å². The van der Waals surface area contributed by atoms with Crippen molar-refractivity contribution in [1.82, 2.24) is 10.1 Å². The summed E-state index contributed by atoms with van der Waals surface area (Å²) in [5.74, 6) is 0.609. The molecule has 26 heavy (non-hydrogen) atoms. The van der Waals surface area contributed by atoms with Crippen LogP contribution in [0.25, 0.3) is 0 Å². The number of rotatable bonds is 4. The zero-order valence-corrected chi connectivity index (χ0v) is 15.9. The lowest BCUT2D eigenvalue weighted by molar-refractivity contribution is -0.139. The van der Waals surface area contributed by atoms with Crippen molar-refractivity contribution >= 4 is 29.1 Å². The maximum atomic E-state index is 12.7. The molecule has 0 N–H and O–H groups in total. The topological polar surface area (TPSA) is 66.7 Å². The molecule has 0 unspecified atom stereocenters. The summed E-state index contributed by atoms with van der Waals surface area (Å²) in [6.45, 7) is 6.20. The van der Waals surface area contributed by atoms with E-state index in [1.54, 1.807) is 21.9 Å². The highest BCUT2D eigenvalue weighted by molar-refractivity contribution is 6.30. The van der Waals surface area contributed by atoms with Crippen LogP contribution < -0.4 is 4.90 Å². The smallest absolute Gasteiger partial charge is 0.246 e. The minimum absolute atomic E-state index is 0.0309. The number of halogens is 1. The van der Waals surface area contributed by atoms with Gasteiger partial charge in [-0.1, -0.05) is 22.8 Å². The fraction of sp³-hybridized carbons (Fsp3) is 0.421. The number of anilines is 1. The first-order chi connectivity index (χ1) is 12.4. The van der Waals surface area contributed by atoms with E-state index in [1.165, 1.54) is 0 Å². The number of aryl methyl sites for hydroxylation is 2. The summed E-state index contributed by atoms with van der Waals surface area (Å²) in [6.07, 6.45) is 0.896. The number of piperazine rings is 1. The second kappa shape index (κ2) is 7.50. The van der Waals surface area contributed by atoms with Crippen LogP contribution in [0.5, 0.6) is 0 Å². The lowest BCUT2D eigenvalue weighted by Gasteiger charge is -2.39. The van der Waals surface area contributed by atoms with Crippen molar-refractivity contribution in [3.63, 3.8) is 0 Å². The van der Waals surface area contributed by atoms with Crippen molar-refractivity contribution in [2.75, 3.05) is 18.0 Å². The van der Waals surface area contributed by atoms with Gasteiger partial charge in [-0.15, -0.1) is 0 Å². The number of benzene rings is 1. The summed E-state index contributed by atoms with van der Waals surface area (Å²) in [7, 11) is 0. The van der Waals surface area contributed by atoms with E-state index < -0.39 is 0 Å². The third-order valence-corrected chi connectivity index (χ3v) is 5.03. The van der Waals surface area contributed by atoms with Gasteiger partial charge in [0.15, 0.2) is 0 Å². The van der Waals surface area contributed by atoms with Gasteiger partial charge in [-0.2, -0.15) is 0 Å². The van der Waals surface area contributed by atoms with Crippen LogP contribution in [0.1, 0.15) is 30.4 Å². The number of carbonyl (C=O) groups is 2. The number of carbonyl (C=O) groups excluding carboxylic acids is 2. The van der Waals surface area contributed by atoms with Gasteiger partial charge in [0, 0.05) is 35.3 Å². The van der Waals surface area contributed by atoms with E-state index in [0.29, 0.717) is 24.4 Å². The van der Waals surface area contributed by atoms with Crippen molar-refractivity contribution in [3.8, 4) is 0 Å². The third kappa shape index (κ3) is 3.75. The Hall–Kier alpha value is -2.34. The first kappa shape index (κ1) is 18.5. The molecular weight excluding hydrogens is 354 g/mol. The summed E-state index contributed by atoms with van der Waals surface area (Å²) in [6, 6.07) is 7.14. The first-order valence-corrected chi connectivity index (χ1v) is 9.01. The molecule has 1 aliphatic rings. The second-order valence-corrected chi connectivity index (χ2v) is 7.09. The Morgan fingerprint density at radius 2 is 2.15 bits per heavy atom. The average Bonchev–Trinajstić information content (AvgIpc) is 2.92. The van der Waals surface area contributed by atoms with E-state index in [4.69, 9.17) is 16.1 Å². The van der Waals surface area contributed by atoms with Gasteiger partial charge in [-0.05, 0) is 45.4 Å². The molecule has 0 bridgehead atoms. The highest BCUT2D eigenvalue weighted by Gasteiger charge is 2.33. The molecule has 1 saturated heterocycles. The van der Waals surface area contributed by atoms with Crippen molar-refractivity contribution in [2.24, 2.45) is 0 Å². The number of nitrogens with zero attached hydrogens (tertiary/aromatic N) is 3. The minimum atomic E-state index is -0.101. The van der Waals surface area contributed by atoms with Crippen LogP contribution in [0.2, 0.25) is 5.02 Å². The zero-order valence-electron chi connectivity index (χ0n) is 15.2. The van der Waals surface area contributed by atoms with Gasteiger partial charge in [-0.25, -0.2) is 0 Å². The number of aromatic nitrogens is 1. The first-order valence-electron chi connectivity index (χ1n) is 8.64. The van der Waals surface area contributed by atoms with Crippen molar-refractivity contribution < 1.29 is 14.1 Å². The average molecular weight is 376 g/mol. The minimum Gasteiger partial charge on any atom is -0.361 e. The fourth-order valence-corrected chi connectivity index (χ4v) is 3.50. The highest BCUT2D eigenvalue weighted by Crippen LogP contribution is 2.24. The van der Waals surface area contributed by atoms with Crippen molar-refractivity contribution in [2.45, 2.75) is 39.7 Å². The number of hydrogen-bond donors (Lipinski definition) is 0. The summed E-state index contributed by atoms with van der Waals surface area (Å²) in [5.41, 5.74) is 2.54. The van der Waals surface area contributed by atoms with Gasteiger partial charge in [0.25, 0.3) is 0 Å². The Balaban J connectivity index is 1.65. The van der Waals surface area contributed by atoms with Gasteiger partial charge in [0.1, 0.15) is 12.3 Å². The molecule has 1 fully saturated rings. The van der Waals surface area contributed by atoms with E-state index >= 15 is 0 Å². The van der Waals surface area contributed by atoms with Crippen LogP contribution in [-0.2, 0) is 16.0 Å². The van der Waals surface area contributed by atoms with Crippen LogP contribution in [0.3, 0.4) is 0 Å². The Kier molecular flexibility index (Phi) is 5.32. The predicted molar refractivity (Wildman–Crippen MR) is 99.3 cm³/mol. The molecule has 1 atom stereocenters. The molecule has 7 heteroatoms. The van der Waals surface area contributed by atoms with Crippen LogP contribution >= 0.6 is 11.6 Å². The highest BCUT2D eigenvalue weighted by atomic mass is 35.5. The molecule has 1 aliphatic heterocycles. The molecule has 0 aliphatic carbocycles. The number of amides is 2. The lowest BCUT2D eigenvalue weighted by atomic mass is 10.1. The molecule has 6 nitrogen and oxygen atoms in total. The Labute approximate surface area is 157 Å². The van der Waals surface area contributed by atoms with Crippen LogP contribution in [0.15, 0.2) is 28.8 Å². The molecule has 2 aromatic rings. The van der Waals surface area contributed by atoms with Crippen molar-refractivity contribution in [1.29, 1.82) is 0 Å². The summed E-state index contributed by atoms with van der Waals surface area (Å²) >= 11 is 6.03. The molecule has 0 radical (unpaired) electrons. The SMILES string of the molecule is Cc1noc(C)c1CCC(=O)N1CC(=O)N(c2cccc(Cl)c2)C[C@@H]1C.